The van der Waals surface area contributed by atoms with Gasteiger partial charge in [-0.05, 0) is 31.0 Å². The molecule has 1 aromatic carbocycles. The summed E-state index contributed by atoms with van der Waals surface area (Å²) in [6.07, 6.45) is 4.31. The minimum atomic E-state index is -0.443. The van der Waals surface area contributed by atoms with Crippen LogP contribution in [0.2, 0.25) is 0 Å². The first-order valence-electron chi connectivity index (χ1n) is 9.76. The largest absolute Gasteiger partial charge is 0.347 e. The fraction of sp³-hybridized carbons (Fsp3) is 0.238. The molecule has 0 fully saturated rings. The van der Waals surface area contributed by atoms with E-state index >= 15 is 0 Å². The van der Waals surface area contributed by atoms with Gasteiger partial charge in [-0.2, -0.15) is 5.10 Å². The fourth-order valence-corrected chi connectivity index (χ4v) is 3.91. The van der Waals surface area contributed by atoms with Crippen molar-refractivity contribution in [2.24, 2.45) is 7.05 Å². The molecule has 3 heterocycles. The molecule has 0 saturated carbocycles. The number of aryl methyl sites for hydroxylation is 2. The van der Waals surface area contributed by atoms with E-state index in [0.717, 1.165) is 0 Å². The van der Waals surface area contributed by atoms with Crippen molar-refractivity contribution in [1.29, 1.82) is 0 Å². The number of halogens is 1. The lowest BCUT2D eigenvalue weighted by molar-refractivity contribution is 0.0933. The summed E-state index contributed by atoms with van der Waals surface area (Å²) in [7, 11) is 1.73. The Balaban J connectivity index is 1.40. The average molecular weight is 454 g/mol. The Morgan fingerprint density at radius 2 is 2.00 bits per heavy atom. The molecule has 1 unspecified atom stereocenters. The molecule has 0 spiro atoms. The van der Waals surface area contributed by atoms with Crippen molar-refractivity contribution in [3.05, 3.63) is 69.4 Å². The third kappa shape index (κ3) is 4.33. The molecule has 11 heteroatoms. The van der Waals surface area contributed by atoms with E-state index in [1.807, 2.05) is 0 Å². The zero-order chi connectivity index (χ0) is 22.8. The minimum absolute atomic E-state index is 0.199. The summed E-state index contributed by atoms with van der Waals surface area (Å²) >= 11 is 1.17. The van der Waals surface area contributed by atoms with Crippen LogP contribution in [-0.2, 0) is 13.6 Å². The van der Waals surface area contributed by atoms with Gasteiger partial charge in [-0.3, -0.25) is 14.3 Å². The van der Waals surface area contributed by atoms with Gasteiger partial charge in [-0.1, -0.05) is 12.1 Å². The van der Waals surface area contributed by atoms with Gasteiger partial charge in [0, 0.05) is 13.6 Å². The molecule has 0 saturated heterocycles. The van der Waals surface area contributed by atoms with Crippen LogP contribution in [0.3, 0.4) is 0 Å². The molecule has 164 valence electrons. The van der Waals surface area contributed by atoms with Crippen LogP contribution in [-0.4, -0.2) is 36.5 Å². The smallest absolute Gasteiger partial charge is 0.271 e. The van der Waals surface area contributed by atoms with Gasteiger partial charge in [0.15, 0.2) is 5.65 Å². The van der Waals surface area contributed by atoms with Crippen LogP contribution in [0.1, 0.15) is 49.3 Å². The van der Waals surface area contributed by atoms with E-state index in [0.29, 0.717) is 32.0 Å². The minimum Gasteiger partial charge on any atom is -0.347 e. The van der Waals surface area contributed by atoms with E-state index in [1.165, 1.54) is 29.9 Å². The Morgan fingerprint density at radius 1 is 1.19 bits per heavy atom. The molecule has 9 nitrogen and oxygen atoms in total. The van der Waals surface area contributed by atoms with Crippen LogP contribution in [0.25, 0.3) is 11.0 Å². The molecule has 3 aromatic heterocycles. The number of amides is 2. The summed E-state index contributed by atoms with van der Waals surface area (Å²) in [5.74, 6) is -1.02. The molecule has 32 heavy (non-hydrogen) atoms. The molecular formula is C21H20FN7O2S. The Morgan fingerprint density at radius 3 is 2.78 bits per heavy atom. The predicted molar refractivity (Wildman–Crippen MR) is 117 cm³/mol. The van der Waals surface area contributed by atoms with Crippen molar-refractivity contribution in [2.75, 3.05) is 0 Å². The first-order valence-corrected chi connectivity index (χ1v) is 10.6. The zero-order valence-electron chi connectivity index (χ0n) is 17.6. The Hall–Kier alpha value is -3.73. The van der Waals surface area contributed by atoms with Crippen molar-refractivity contribution in [3.8, 4) is 0 Å². The highest BCUT2D eigenvalue weighted by molar-refractivity contribution is 7.13. The number of hydrogen-bond acceptors (Lipinski definition) is 7. The maximum Gasteiger partial charge on any atom is 0.271 e. The van der Waals surface area contributed by atoms with Crippen molar-refractivity contribution in [3.63, 3.8) is 0 Å². The highest BCUT2D eigenvalue weighted by Gasteiger charge is 2.20. The fourth-order valence-electron chi connectivity index (χ4n) is 3.08. The monoisotopic (exact) mass is 453 g/mol. The van der Waals surface area contributed by atoms with Crippen molar-refractivity contribution in [1.82, 2.24) is 35.4 Å². The SMILES string of the molecule is Cc1ccc(CNC(=O)c2cnc(C(C)NC(=O)c3ncnc4c3cnn4C)s2)cc1F. The quantitative estimate of drug-likeness (QED) is 0.464. The number of carbonyl (C=O) groups excluding carboxylic acids is 2. The number of nitrogens with one attached hydrogen (secondary N) is 2. The normalized spacial score (nSPS) is 12.0. The lowest BCUT2D eigenvalue weighted by Crippen LogP contribution is -2.27. The number of thiazole rings is 1. The van der Waals surface area contributed by atoms with E-state index in [1.54, 1.807) is 43.9 Å². The second-order valence-corrected chi connectivity index (χ2v) is 8.31. The van der Waals surface area contributed by atoms with Crippen LogP contribution in [0.15, 0.2) is 36.9 Å². The van der Waals surface area contributed by atoms with E-state index in [9.17, 15) is 14.0 Å². The molecule has 0 bridgehead atoms. The van der Waals surface area contributed by atoms with Crippen LogP contribution < -0.4 is 10.6 Å². The van der Waals surface area contributed by atoms with Crippen molar-refractivity contribution in [2.45, 2.75) is 26.4 Å². The number of carbonyl (C=O) groups is 2. The van der Waals surface area contributed by atoms with Gasteiger partial charge in [0.2, 0.25) is 0 Å². The van der Waals surface area contributed by atoms with E-state index < -0.39 is 6.04 Å². The van der Waals surface area contributed by atoms with Gasteiger partial charge >= 0.3 is 0 Å². The summed E-state index contributed by atoms with van der Waals surface area (Å²) in [6, 6.07) is 4.39. The highest BCUT2D eigenvalue weighted by atomic mass is 32.1. The number of benzene rings is 1. The highest BCUT2D eigenvalue weighted by Crippen LogP contribution is 2.21. The van der Waals surface area contributed by atoms with E-state index in [-0.39, 0.29) is 29.9 Å². The number of rotatable bonds is 6. The molecule has 4 rings (SSSR count). The topological polar surface area (TPSA) is 115 Å². The molecule has 2 N–H and O–H groups in total. The Bertz CT molecular complexity index is 1320. The lowest BCUT2D eigenvalue weighted by atomic mass is 10.1. The molecule has 2 amide bonds. The van der Waals surface area contributed by atoms with E-state index in [4.69, 9.17) is 0 Å². The maximum atomic E-state index is 13.7. The second kappa shape index (κ2) is 8.79. The third-order valence-electron chi connectivity index (χ3n) is 4.90. The molecule has 0 radical (unpaired) electrons. The number of hydrogen-bond donors (Lipinski definition) is 2. The molecule has 0 aliphatic carbocycles. The van der Waals surface area contributed by atoms with Crippen LogP contribution in [0, 0.1) is 12.7 Å². The van der Waals surface area contributed by atoms with E-state index in [2.05, 4.69) is 30.7 Å². The summed E-state index contributed by atoms with van der Waals surface area (Å²) < 4.78 is 15.2. The lowest BCUT2D eigenvalue weighted by Gasteiger charge is -2.11. The molecule has 0 aliphatic heterocycles. The molecular weight excluding hydrogens is 433 g/mol. The second-order valence-electron chi connectivity index (χ2n) is 7.25. The molecule has 4 aromatic rings. The first kappa shape index (κ1) is 21.5. The van der Waals surface area contributed by atoms with Crippen LogP contribution >= 0.6 is 11.3 Å². The van der Waals surface area contributed by atoms with Gasteiger partial charge in [0.1, 0.15) is 27.7 Å². The summed E-state index contributed by atoms with van der Waals surface area (Å²) in [6.45, 7) is 3.65. The van der Waals surface area contributed by atoms with Gasteiger partial charge in [0.05, 0.1) is 23.8 Å². The van der Waals surface area contributed by atoms with Crippen LogP contribution in [0.4, 0.5) is 4.39 Å². The Kier molecular flexibility index (Phi) is 5.91. The number of nitrogens with zero attached hydrogens (tertiary/aromatic N) is 5. The van der Waals surface area contributed by atoms with Gasteiger partial charge < -0.3 is 10.6 Å². The summed E-state index contributed by atoms with van der Waals surface area (Å²) in [5.41, 5.74) is 1.99. The van der Waals surface area contributed by atoms with Crippen LogP contribution in [0.5, 0.6) is 0 Å². The molecule has 1 atom stereocenters. The van der Waals surface area contributed by atoms with Crippen molar-refractivity contribution >= 4 is 34.2 Å². The zero-order valence-corrected chi connectivity index (χ0v) is 18.4. The summed E-state index contributed by atoms with van der Waals surface area (Å²) in [5, 5.41) is 10.8. The number of fused-ring (bicyclic) bond motifs is 1. The van der Waals surface area contributed by atoms with Gasteiger partial charge in [-0.25, -0.2) is 19.3 Å². The third-order valence-corrected chi connectivity index (χ3v) is 6.08. The summed E-state index contributed by atoms with van der Waals surface area (Å²) in [4.78, 5) is 38.0. The van der Waals surface area contributed by atoms with Gasteiger partial charge in [0.25, 0.3) is 11.8 Å². The van der Waals surface area contributed by atoms with Gasteiger partial charge in [-0.15, -0.1) is 11.3 Å². The van der Waals surface area contributed by atoms with Crippen molar-refractivity contribution < 1.29 is 14.0 Å². The standard InChI is InChI=1S/C21H20FN7O2S/c1-11-4-5-13(6-15(11)22)7-23-19(30)16-9-24-21(32-16)12(2)28-20(31)17-14-8-27-29(3)18(14)26-10-25-17/h4-6,8-10,12H,7H2,1-3H3,(H,23,30)(H,28,31). The first-order chi connectivity index (χ1) is 15.3. The number of aromatic nitrogens is 5. The molecule has 0 aliphatic rings. The maximum absolute atomic E-state index is 13.7. The predicted octanol–water partition coefficient (Wildman–Crippen LogP) is 2.69. The Labute approximate surface area is 186 Å². The average Bonchev–Trinajstić information content (AvgIpc) is 3.42.